The maximum Gasteiger partial charge on any atom is 0.157 e. The van der Waals surface area contributed by atoms with E-state index in [2.05, 4.69) is 196 Å². The molecule has 0 saturated heterocycles. The molecular formula is C51H39N3O. The van der Waals surface area contributed by atoms with E-state index < -0.39 is 0 Å². The third kappa shape index (κ3) is 6.12. The molecule has 1 aliphatic heterocycles. The Labute approximate surface area is 321 Å². The van der Waals surface area contributed by atoms with Gasteiger partial charge in [-0.3, -0.25) is 4.98 Å². The van der Waals surface area contributed by atoms with E-state index in [0.717, 1.165) is 75.5 Å². The van der Waals surface area contributed by atoms with Crippen molar-refractivity contribution in [1.29, 1.82) is 0 Å². The lowest BCUT2D eigenvalue weighted by atomic mass is 9.85. The van der Waals surface area contributed by atoms with Crippen molar-refractivity contribution in [2.75, 3.05) is 4.90 Å². The Morgan fingerprint density at radius 3 is 2.09 bits per heavy atom. The fraction of sp³-hybridized carbons (Fsp3) is 0.0784. The van der Waals surface area contributed by atoms with E-state index in [1.54, 1.807) is 0 Å². The Morgan fingerprint density at radius 1 is 0.600 bits per heavy atom. The number of nitrogens with zero attached hydrogens (tertiary/aromatic N) is 3. The van der Waals surface area contributed by atoms with Crippen LogP contribution < -0.4 is 9.64 Å². The Morgan fingerprint density at radius 2 is 1.29 bits per heavy atom. The molecule has 2 aromatic heterocycles. The molecule has 2 aliphatic rings. The first kappa shape index (κ1) is 32.7. The highest BCUT2D eigenvalue weighted by atomic mass is 16.5. The van der Waals surface area contributed by atoms with Gasteiger partial charge in [-0.15, -0.1) is 0 Å². The highest BCUT2D eigenvalue weighted by Gasteiger charge is 2.34. The summed E-state index contributed by atoms with van der Waals surface area (Å²) in [5.74, 6) is 2.03. The van der Waals surface area contributed by atoms with Crippen LogP contribution in [0.25, 0.3) is 38.8 Å². The van der Waals surface area contributed by atoms with Gasteiger partial charge in [-0.2, -0.15) is 0 Å². The smallest absolute Gasteiger partial charge is 0.157 e. The van der Waals surface area contributed by atoms with E-state index >= 15 is 0 Å². The summed E-state index contributed by atoms with van der Waals surface area (Å²) in [7, 11) is 0. The molecule has 0 saturated carbocycles. The van der Waals surface area contributed by atoms with E-state index in [1.165, 1.54) is 28.0 Å². The third-order valence-electron chi connectivity index (χ3n) is 10.9. The van der Waals surface area contributed by atoms with Crippen LogP contribution in [0.5, 0.6) is 11.5 Å². The van der Waals surface area contributed by atoms with E-state index in [9.17, 15) is 0 Å². The summed E-state index contributed by atoms with van der Waals surface area (Å²) in [4.78, 5) is 6.63. The van der Waals surface area contributed by atoms with Crippen LogP contribution >= 0.6 is 0 Å². The zero-order valence-corrected chi connectivity index (χ0v) is 30.4. The SMILES string of the molecule is C1=CC(CC2c3ccccc3Oc3c2n(-c2ccccc2)c2cc(-c4cccc(N(c5ccncc5)c5ccc(-c6ccccc6)cc5)c4)ccc32)=CCC1. The van der Waals surface area contributed by atoms with Crippen LogP contribution in [0.4, 0.5) is 17.1 Å². The van der Waals surface area contributed by atoms with Gasteiger partial charge < -0.3 is 14.2 Å². The largest absolute Gasteiger partial charge is 0.454 e. The van der Waals surface area contributed by atoms with Crippen molar-refractivity contribution in [3.8, 4) is 39.4 Å². The van der Waals surface area contributed by atoms with Gasteiger partial charge in [-0.05, 0) is 108 Å². The molecule has 4 nitrogen and oxygen atoms in total. The van der Waals surface area contributed by atoms with Crippen LogP contribution in [0, 0.1) is 0 Å². The molecule has 10 rings (SSSR count). The second kappa shape index (κ2) is 14.1. The average Bonchev–Trinajstić information content (AvgIpc) is 3.59. The lowest BCUT2D eigenvalue weighted by Gasteiger charge is -2.29. The zero-order chi connectivity index (χ0) is 36.6. The number of pyridine rings is 1. The van der Waals surface area contributed by atoms with Crippen molar-refractivity contribution in [2.45, 2.75) is 25.2 Å². The molecule has 0 radical (unpaired) electrons. The summed E-state index contributed by atoms with van der Waals surface area (Å²) in [5, 5.41) is 1.11. The minimum absolute atomic E-state index is 0.135. The number of aromatic nitrogens is 2. The molecule has 0 N–H and O–H groups in total. The van der Waals surface area contributed by atoms with Crippen LogP contribution in [0.3, 0.4) is 0 Å². The Balaban J connectivity index is 1.11. The minimum Gasteiger partial charge on any atom is -0.454 e. The lowest BCUT2D eigenvalue weighted by molar-refractivity contribution is 0.445. The molecule has 0 amide bonds. The van der Waals surface area contributed by atoms with Crippen LogP contribution in [0.1, 0.15) is 36.4 Å². The van der Waals surface area contributed by atoms with Crippen LogP contribution in [-0.4, -0.2) is 9.55 Å². The first-order chi connectivity index (χ1) is 27.3. The molecule has 3 heterocycles. The summed E-state index contributed by atoms with van der Waals surface area (Å²) in [6.45, 7) is 0. The maximum atomic E-state index is 6.87. The number of rotatable bonds is 8. The van der Waals surface area contributed by atoms with Crippen molar-refractivity contribution in [2.24, 2.45) is 0 Å². The van der Waals surface area contributed by atoms with Gasteiger partial charge in [-0.25, -0.2) is 0 Å². The number of benzene rings is 6. The minimum atomic E-state index is 0.135. The number of para-hydroxylation sites is 2. The van der Waals surface area contributed by atoms with Crippen molar-refractivity contribution < 1.29 is 4.74 Å². The molecule has 8 aromatic rings. The van der Waals surface area contributed by atoms with Crippen LogP contribution in [-0.2, 0) is 0 Å². The number of ether oxygens (including phenoxy) is 1. The molecular weight excluding hydrogens is 671 g/mol. The highest BCUT2D eigenvalue weighted by molar-refractivity contribution is 5.95. The average molecular weight is 710 g/mol. The molecule has 6 aromatic carbocycles. The summed E-state index contributed by atoms with van der Waals surface area (Å²) in [6.07, 6.45) is 13.8. The Kier molecular flexibility index (Phi) is 8.42. The van der Waals surface area contributed by atoms with Gasteiger partial charge >= 0.3 is 0 Å². The summed E-state index contributed by atoms with van der Waals surface area (Å²) < 4.78 is 9.32. The zero-order valence-electron chi connectivity index (χ0n) is 30.4. The van der Waals surface area contributed by atoms with Crippen molar-refractivity contribution >= 4 is 28.0 Å². The van der Waals surface area contributed by atoms with Crippen molar-refractivity contribution in [1.82, 2.24) is 9.55 Å². The number of allylic oxidation sites excluding steroid dienone is 4. The van der Waals surface area contributed by atoms with Gasteiger partial charge in [0, 0.05) is 52.0 Å². The van der Waals surface area contributed by atoms with Gasteiger partial charge in [0.1, 0.15) is 5.75 Å². The van der Waals surface area contributed by atoms with Gasteiger partial charge in [0.15, 0.2) is 5.75 Å². The second-order valence-electron chi connectivity index (χ2n) is 14.3. The van der Waals surface area contributed by atoms with E-state index in [1.807, 2.05) is 12.4 Å². The summed E-state index contributed by atoms with van der Waals surface area (Å²) in [6, 6.07) is 58.5. The predicted molar refractivity (Wildman–Crippen MR) is 226 cm³/mol. The quantitative estimate of drug-likeness (QED) is 0.157. The van der Waals surface area contributed by atoms with E-state index in [0.29, 0.717) is 0 Å². The van der Waals surface area contributed by atoms with Crippen LogP contribution in [0.2, 0.25) is 0 Å². The summed E-state index contributed by atoms with van der Waals surface area (Å²) >= 11 is 0. The molecule has 0 bridgehead atoms. The molecule has 264 valence electrons. The lowest BCUT2D eigenvalue weighted by Crippen LogP contribution is -2.14. The summed E-state index contributed by atoms with van der Waals surface area (Å²) in [5.41, 5.74) is 13.9. The monoisotopic (exact) mass is 709 g/mol. The Hall–Kier alpha value is -6.91. The molecule has 4 heteroatoms. The topological polar surface area (TPSA) is 30.3 Å². The second-order valence-corrected chi connectivity index (χ2v) is 14.3. The number of fused-ring (bicyclic) bond motifs is 4. The van der Waals surface area contributed by atoms with Crippen molar-refractivity contribution in [3.63, 3.8) is 0 Å². The number of anilines is 3. The van der Waals surface area contributed by atoms with Crippen LogP contribution in [0.15, 0.2) is 200 Å². The van der Waals surface area contributed by atoms with Gasteiger partial charge in [0.2, 0.25) is 0 Å². The third-order valence-corrected chi connectivity index (χ3v) is 10.9. The first-order valence-corrected chi connectivity index (χ1v) is 19.1. The van der Waals surface area contributed by atoms with Gasteiger partial charge in [0.25, 0.3) is 0 Å². The number of hydrogen-bond donors (Lipinski definition) is 0. The van der Waals surface area contributed by atoms with Crippen molar-refractivity contribution in [3.05, 3.63) is 211 Å². The molecule has 1 aliphatic carbocycles. The van der Waals surface area contributed by atoms with E-state index in [4.69, 9.17) is 4.74 Å². The fourth-order valence-corrected chi connectivity index (χ4v) is 8.31. The molecule has 1 unspecified atom stereocenters. The fourth-order valence-electron chi connectivity index (χ4n) is 8.31. The molecule has 55 heavy (non-hydrogen) atoms. The maximum absolute atomic E-state index is 6.87. The predicted octanol–water partition coefficient (Wildman–Crippen LogP) is 13.7. The number of hydrogen-bond acceptors (Lipinski definition) is 3. The molecule has 0 fully saturated rings. The highest BCUT2D eigenvalue weighted by Crippen LogP contribution is 2.52. The Bertz CT molecular complexity index is 2690. The van der Waals surface area contributed by atoms with Gasteiger partial charge in [0.05, 0.1) is 11.2 Å². The molecule has 0 spiro atoms. The normalized spacial score (nSPS) is 14.5. The first-order valence-electron chi connectivity index (χ1n) is 19.1. The standard InChI is InChI=1S/C51H39N3O/c1-4-13-36(14-5-1)33-47-45-21-10-11-22-49(45)55-51-46-28-25-40(35-48(46)54(50(47)51)41-18-8-3-9-19-41)39-17-12-20-44(34-39)53(43-29-31-52-32-30-43)42-26-23-38(24-27-42)37-15-6-2-7-16-37/h2-4,6-32,34-35,47H,1,5,33H2. The van der Waals surface area contributed by atoms with E-state index in [-0.39, 0.29) is 5.92 Å². The van der Waals surface area contributed by atoms with Gasteiger partial charge in [-0.1, -0.05) is 121 Å². The molecule has 1 atom stereocenters.